The van der Waals surface area contributed by atoms with E-state index in [-0.39, 0.29) is 11.5 Å². The molecule has 100 valence electrons. The van der Waals surface area contributed by atoms with Crippen molar-refractivity contribution in [1.82, 2.24) is 0 Å². The molecule has 1 spiro atoms. The standard InChI is InChI=1S/C15H28O2/c1-3-8-12(2)17-14-11-13(16)15(14)9-6-4-5-7-10-15/h12-14,16H,3-11H2,1-2H3. The summed E-state index contributed by atoms with van der Waals surface area (Å²) in [5.41, 5.74) is 0.124. The first-order valence-electron chi connectivity index (χ1n) is 7.52. The second-order valence-electron chi connectivity index (χ2n) is 6.12. The van der Waals surface area contributed by atoms with E-state index < -0.39 is 0 Å². The first-order valence-corrected chi connectivity index (χ1v) is 7.52. The molecule has 0 aromatic heterocycles. The number of ether oxygens (including phenoxy) is 1. The van der Waals surface area contributed by atoms with E-state index in [1.807, 2.05) is 0 Å². The zero-order chi connectivity index (χ0) is 12.3. The topological polar surface area (TPSA) is 29.5 Å². The Hall–Kier alpha value is -0.0800. The van der Waals surface area contributed by atoms with Gasteiger partial charge in [-0.3, -0.25) is 0 Å². The molecule has 0 bridgehead atoms. The average molecular weight is 240 g/mol. The smallest absolute Gasteiger partial charge is 0.0684 e. The maximum absolute atomic E-state index is 10.2. The van der Waals surface area contributed by atoms with Gasteiger partial charge in [0.05, 0.1) is 18.3 Å². The lowest BCUT2D eigenvalue weighted by Crippen LogP contribution is -2.58. The molecule has 2 aliphatic carbocycles. The van der Waals surface area contributed by atoms with Crippen LogP contribution in [-0.4, -0.2) is 23.4 Å². The highest BCUT2D eigenvalue weighted by molar-refractivity contribution is 5.04. The van der Waals surface area contributed by atoms with Gasteiger partial charge in [0.2, 0.25) is 0 Å². The van der Waals surface area contributed by atoms with Crippen molar-refractivity contribution in [3.8, 4) is 0 Å². The zero-order valence-electron chi connectivity index (χ0n) is 11.5. The fraction of sp³-hybridized carbons (Fsp3) is 1.00. The van der Waals surface area contributed by atoms with Crippen molar-refractivity contribution >= 4 is 0 Å². The summed E-state index contributed by atoms with van der Waals surface area (Å²) in [6.45, 7) is 4.38. The maximum atomic E-state index is 10.2. The third-order valence-corrected chi connectivity index (χ3v) is 4.87. The lowest BCUT2D eigenvalue weighted by molar-refractivity contribution is -0.214. The Kier molecular flexibility index (Phi) is 4.48. The highest BCUT2D eigenvalue weighted by atomic mass is 16.5. The minimum Gasteiger partial charge on any atom is -0.392 e. The molecule has 0 saturated heterocycles. The van der Waals surface area contributed by atoms with E-state index in [0.717, 1.165) is 12.8 Å². The van der Waals surface area contributed by atoms with Gasteiger partial charge in [-0.1, -0.05) is 39.0 Å². The summed E-state index contributed by atoms with van der Waals surface area (Å²) >= 11 is 0. The first-order chi connectivity index (χ1) is 8.19. The molecular formula is C15H28O2. The molecule has 2 saturated carbocycles. The van der Waals surface area contributed by atoms with E-state index in [1.54, 1.807) is 0 Å². The molecule has 2 fully saturated rings. The van der Waals surface area contributed by atoms with Crippen molar-refractivity contribution in [2.24, 2.45) is 5.41 Å². The Morgan fingerprint density at radius 1 is 1.24 bits per heavy atom. The zero-order valence-corrected chi connectivity index (χ0v) is 11.5. The predicted octanol–water partition coefficient (Wildman–Crippen LogP) is 3.67. The van der Waals surface area contributed by atoms with Crippen LogP contribution in [0.5, 0.6) is 0 Å². The normalized spacial score (nSPS) is 34.1. The molecule has 0 heterocycles. The summed E-state index contributed by atoms with van der Waals surface area (Å²) in [7, 11) is 0. The van der Waals surface area contributed by atoms with Crippen LogP contribution in [0.15, 0.2) is 0 Å². The summed E-state index contributed by atoms with van der Waals surface area (Å²) in [5.74, 6) is 0. The van der Waals surface area contributed by atoms with Gasteiger partial charge in [-0.15, -0.1) is 0 Å². The van der Waals surface area contributed by atoms with Crippen LogP contribution in [0.3, 0.4) is 0 Å². The minimum absolute atomic E-state index is 0.0978. The van der Waals surface area contributed by atoms with E-state index in [4.69, 9.17) is 4.74 Å². The lowest BCUT2D eigenvalue weighted by atomic mass is 9.59. The van der Waals surface area contributed by atoms with Gasteiger partial charge >= 0.3 is 0 Å². The van der Waals surface area contributed by atoms with Gasteiger partial charge in [-0.05, 0) is 26.2 Å². The molecule has 17 heavy (non-hydrogen) atoms. The molecule has 2 aliphatic rings. The van der Waals surface area contributed by atoms with Crippen LogP contribution >= 0.6 is 0 Å². The quantitative estimate of drug-likeness (QED) is 0.812. The second-order valence-corrected chi connectivity index (χ2v) is 6.12. The van der Waals surface area contributed by atoms with Crippen LogP contribution in [0.4, 0.5) is 0 Å². The highest BCUT2D eigenvalue weighted by Crippen LogP contribution is 2.52. The molecular weight excluding hydrogens is 212 g/mol. The van der Waals surface area contributed by atoms with Crippen molar-refractivity contribution in [3.05, 3.63) is 0 Å². The van der Waals surface area contributed by atoms with Gasteiger partial charge in [0.1, 0.15) is 0 Å². The van der Waals surface area contributed by atoms with Gasteiger partial charge in [-0.2, -0.15) is 0 Å². The molecule has 2 nitrogen and oxygen atoms in total. The fourth-order valence-electron chi connectivity index (χ4n) is 3.71. The molecule has 0 aromatic rings. The van der Waals surface area contributed by atoms with Crippen LogP contribution in [0.2, 0.25) is 0 Å². The third kappa shape index (κ3) is 2.68. The van der Waals surface area contributed by atoms with E-state index in [1.165, 1.54) is 44.9 Å². The summed E-state index contributed by atoms with van der Waals surface area (Å²) in [6, 6.07) is 0. The van der Waals surface area contributed by atoms with Crippen molar-refractivity contribution in [2.45, 2.75) is 89.9 Å². The molecule has 0 aromatic carbocycles. The fourth-order valence-corrected chi connectivity index (χ4v) is 3.71. The molecule has 0 amide bonds. The van der Waals surface area contributed by atoms with Gasteiger partial charge in [0.15, 0.2) is 0 Å². The Bertz CT molecular complexity index is 231. The second kappa shape index (κ2) is 5.71. The molecule has 2 rings (SSSR count). The SMILES string of the molecule is CCCC(C)OC1CC(O)C12CCCCCC2. The summed E-state index contributed by atoms with van der Waals surface area (Å²) in [5, 5.41) is 10.2. The number of rotatable bonds is 4. The van der Waals surface area contributed by atoms with Gasteiger partial charge < -0.3 is 9.84 Å². The Labute approximate surface area is 106 Å². The van der Waals surface area contributed by atoms with E-state index in [2.05, 4.69) is 13.8 Å². The molecule has 3 unspecified atom stereocenters. The van der Waals surface area contributed by atoms with Crippen LogP contribution < -0.4 is 0 Å². The molecule has 2 heteroatoms. The van der Waals surface area contributed by atoms with E-state index in [0.29, 0.717) is 12.2 Å². The van der Waals surface area contributed by atoms with Crippen molar-refractivity contribution in [2.75, 3.05) is 0 Å². The molecule has 0 aliphatic heterocycles. The number of aliphatic hydroxyl groups is 1. The Balaban J connectivity index is 1.93. The number of hydrogen-bond acceptors (Lipinski definition) is 2. The Morgan fingerprint density at radius 3 is 2.41 bits per heavy atom. The first kappa shape index (κ1) is 13.4. The van der Waals surface area contributed by atoms with Gasteiger partial charge in [0, 0.05) is 11.8 Å². The van der Waals surface area contributed by atoms with Crippen molar-refractivity contribution < 1.29 is 9.84 Å². The lowest BCUT2D eigenvalue weighted by Gasteiger charge is -2.54. The highest BCUT2D eigenvalue weighted by Gasteiger charge is 2.54. The third-order valence-electron chi connectivity index (χ3n) is 4.87. The largest absolute Gasteiger partial charge is 0.392 e. The minimum atomic E-state index is -0.0978. The summed E-state index contributed by atoms with van der Waals surface area (Å²) < 4.78 is 6.19. The molecule has 3 atom stereocenters. The molecule has 0 radical (unpaired) electrons. The number of hydrogen-bond donors (Lipinski definition) is 1. The monoisotopic (exact) mass is 240 g/mol. The van der Waals surface area contributed by atoms with E-state index >= 15 is 0 Å². The summed E-state index contributed by atoms with van der Waals surface area (Å²) in [4.78, 5) is 0. The van der Waals surface area contributed by atoms with Gasteiger partial charge in [-0.25, -0.2) is 0 Å². The van der Waals surface area contributed by atoms with Crippen molar-refractivity contribution in [3.63, 3.8) is 0 Å². The van der Waals surface area contributed by atoms with Crippen LogP contribution in [-0.2, 0) is 4.74 Å². The Morgan fingerprint density at radius 2 is 1.88 bits per heavy atom. The predicted molar refractivity (Wildman–Crippen MR) is 70.0 cm³/mol. The maximum Gasteiger partial charge on any atom is 0.0684 e. The molecule has 1 N–H and O–H groups in total. The van der Waals surface area contributed by atoms with E-state index in [9.17, 15) is 5.11 Å². The van der Waals surface area contributed by atoms with Crippen molar-refractivity contribution in [1.29, 1.82) is 0 Å². The van der Waals surface area contributed by atoms with Crippen LogP contribution in [0.25, 0.3) is 0 Å². The number of aliphatic hydroxyl groups excluding tert-OH is 1. The van der Waals surface area contributed by atoms with Crippen LogP contribution in [0.1, 0.15) is 71.6 Å². The van der Waals surface area contributed by atoms with Gasteiger partial charge in [0.25, 0.3) is 0 Å². The summed E-state index contributed by atoms with van der Waals surface area (Å²) in [6.07, 6.45) is 11.4. The average Bonchev–Trinajstić information content (AvgIpc) is 2.56. The van der Waals surface area contributed by atoms with Crippen LogP contribution in [0, 0.1) is 5.41 Å².